The molecule has 0 saturated heterocycles. The summed E-state index contributed by atoms with van der Waals surface area (Å²) >= 11 is 3.39. The summed E-state index contributed by atoms with van der Waals surface area (Å²) < 4.78 is 0.878. The summed E-state index contributed by atoms with van der Waals surface area (Å²) in [5.74, 6) is -0.984. The van der Waals surface area contributed by atoms with E-state index in [1.807, 2.05) is 19.1 Å². The van der Waals surface area contributed by atoms with E-state index in [1.165, 1.54) is 4.90 Å². The zero-order valence-electron chi connectivity index (χ0n) is 11.9. The molecule has 0 atom stereocenters. The number of amides is 2. The summed E-state index contributed by atoms with van der Waals surface area (Å²) in [5.41, 5.74) is 1.69. The van der Waals surface area contributed by atoms with Gasteiger partial charge in [0.05, 0.1) is 0 Å². The van der Waals surface area contributed by atoms with Gasteiger partial charge in [-0.1, -0.05) is 28.8 Å². The zero-order valence-corrected chi connectivity index (χ0v) is 13.5. The molecule has 0 bridgehead atoms. The van der Waals surface area contributed by atoms with Crippen LogP contribution in [0.3, 0.4) is 0 Å². The van der Waals surface area contributed by atoms with Crippen molar-refractivity contribution in [2.75, 3.05) is 11.9 Å². The van der Waals surface area contributed by atoms with Crippen molar-refractivity contribution in [3.8, 4) is 0 Å². The number of carbonyl (C=O) groups excluding carboxylic acids is 1. The van der Waals surface area contributed by atoms with Gasteiger partial charge >= 0.3 is 12.0 Å². The number of carbonyl (C=O) groups is 2. The first kappa shape index (κ1) is 15.8. The number of halogens is 1. The van der Waals surface area contributed by atoms with Crippen LogP contribution in [-0.4, -0.2) is 34.6 Å². The number of nitrogens with zero attached hydrogens (tertiary/aromatic N) is 1. The van der Waals surface area contributed by atoms with E-state index in [4.69, 9.17) is 5.11 Å². The maximum absolute atomic E-state index is 12.4. The van der Waals surface area contributed by atoms with Crippen LogP contribution in [0, 0.1) is 6.92 Å². The minimum absolute atomic E-state index is 0.0225. The van der Waals surface area contributed by atoms with Gasteiger partial charge < -0.3 is 15.3 Å². The lowest BCUT2D eigenvalue weighted by Gasteiger charge is -2.27. The van der Waals surface area contributed by atoms with E-state index in [9.17, 15) is 9.59 Å². The van der Waals surface area contributed by atoms with E-state index in [0.717, 1.165) is 35.7 Å². The normalized spacial score (nSPS) is 15.0. The molecule has 21 heavy (non-hydrogen) atoms. The van der Waals surface area contributed by atoms with Crippen LogP contribution < -0.4 is 5.32 Å². The van der Waals surface area contributed by atoms with Crippen molar-refractivity contribution in [3.63, 3.8) is 0 Å². The van der Waals surface area contributed by atoms with Gasteiger partial charge in [-0.05, 0) is 43.5 Å². The van der Waals surface area contributed by atoms with E-state index in [2.05, 4.69) is 21.2 Å². The van der Waals surface area contributed by atoms with Gasteiger partial charge in [0.1, 0.15) is 6.54 Å². The Labute approximate surface area is 132 Å². The smallest absolute Gasteiger partial charge is 0.323 e. The molecule has 2 rings (SSSR count). The van der Waals surface area contributed by atoms with E-state index >= 15 is 0 Å². The summed E-state index contributed by atoms with van der Waals surface area (Å²) in [5, 5.41) is 11.8. The molecule has 0 heterocycles. The second-order valence-electron chi connectivity index (χ2n) is 5.41. The van der Waals surface area contributed by atoms with Crippen molar-refractivity contribution in [3.05, 3.63) is 28.2 Å². The van der Waals surface area contributed by atoms with Crippen LogP contribution in [-0.2, 0) is 4.79 Å². The minimum Gasteiger partial charge on any atom is -0.480 e. The van der Waals surface area contributed by atoms with Crippen LogP contribution in [0.4, 0.5) is 10.5 Å². The van der Waals surface area contributed by atoms with Gasteiger partial charge in [-0.15, -0.1) is 0 Å². The number of carboxylic acid groups (broad SMARTS) is 1. The molecule has 6 heteroatoms. The fourth-order valence-corrected chi connectivity index (χ4v) is 3.34. The van der Waals surface area contributed by atoms with E-state index in [-0.39, 0.29) is 18.6 Å². The maximum Gasteiger partial charge on any atom is 0.323 e. The van der Waals surface area contributed by atoms with E-state index < -0.39 is 5.97 Å². The number of hydrogen-bond donors (Lipinski definition) is 2. The van der Waals surface area contributed by atoms with Crippen molar-refractivity contribution in [2.24, 2.45) is 0 Å². The largest absolute Gasteiger partial charge is 0.480 e. The van der Waals surface area contributed by atoms with Crippen LogP contribution in [0.25, 0.3) is 0 Å². The molecule has 0 aliphatic heterocycles. The van der Waals surface area contributed by atoms with Crippen molar-refractivity contribution in [1.29, 1.82) is 0 Å². The van der Waals surface area contributed by atoms with Crippen molar-refractivity contribution < 1.29 is 14.7 Å². The lowest BCUT2D eigenvalue weighted by atomic mass is 10.2. The van der Waals surface area contributed by atoms with Gasteiger partial charge in [0.15, 0.2) is 0 Å². The molecule has 0 unspecified atom stereocenters. The predicted molar refractivity (Wildman–Crippen MR) is 84.5 cm³/mol. The number of hydrogen-bond acceptors (Lipinski definition) is 2. The van der Waals surface area contributed by atoms with Crippen LogP contribution in [0.15, 0.2) is 22.7 Å². The van der Waals surface area contributed by atoms with Gasteiger partial charge in [-0.2, -0.15) is 0 Å². The molecular weight excluding hydrogens is 336 g/mol. The zero-order chi connectivity index (χ0) is 15.4. The number of benzene rings is 1. The van der Waals surface area contributed by atoms with Gasteiger partial charge in [-0.3, -0.25) is 4.79 Å². The third kappa shape index (κ3) is 4.46. The first-order valence-corrected chi connectivity index (χ1v) is 7.81. The van der Waals surface area contributed by atoms with E-state index in [1.54, 1.807) is 6.07 Å². The molecule has 2 N–H and O–H groups in total. The Morgan fingerprint density at radius 2 is 2.00 bits per heavy atom. The Bertz CT molecular complexity index is 521. The van der Waals surface area contributed by atoms with E-state index in [0.29, 0.717) is 5.69 Å². The minimum atomic E-state index is -0.984. The van der Waals surface area contributed by atoms with Crippen LogP contribution in [0.1, 0.15) is 31.2 Å². The van der Waals surface area contributed by atoms with Crippen LogP contribution >= 0.6 is 15.9 Å². The molecule has 1 aliphatic rings. The third-order valence-electron chi connectivity index (χ3n) is 3.63. The first-order valence-electron chi connectivity index (χ1n) is 7.02. The number of aryl methyl sites for hydroxylation is 1. The number of aliphatic carboxylic acids is 1. The summed E-state index contributed by atoms with van der Waals surface area (Å²) in [6, 6.07) is 5.28. The summed E-state index contributed by atoms with van der Waals surface area (Å²) in [4.78, 5) is 24.8. The molecule has 0 aromatic heterocycles. The number of anilines is 1. The topological polar surface area (TPSA) is 69.6 Å². The fraction of sp³-hybridized carbons (Fsp3) is 0.467. The van der Waals surface area contributed by atoms with Gasteiger partial charge in [-0.25, -0.2) is 4.79 Å². The lowest BCUT2D eigenvalue weighted by Crippen LogP contribution is -2.44. The highest BCUT2D eigenvalue weighted by Crippen LogP contribution is 2.25. The molecular formula is C15H19BrN2O3. The van der Waals surface area contributed by atoms with Crippen molar-refractivity contribution in [2.45, 2.75) is 38.6 Å². The Morgan fingerprint density at radius 1 is 1.33 bits per heavy atom. The first-order chi connectivity index (χ1) is 9.95. The molecule has 5 nitrogen and oxygen atoms in total. The molecule has 1 aromatic rings. The molecule has 0 radical (unpaired) electrons. The number of rotatable bonds is 4. The summed E-state index contributed by atoms with van der Waals surface area (Å²) in [7, 11) is 0. The molecule has 1 aliphatic carbocycles. The second-order valence-corrected chi connectivity index (χ2v) is 6.32. The maximum atomic E-state index is 12.4. The number of nitrogens with one attached hydrogen (secondary N) is 1. The number of urea groups is 1. The Hall–Kier alpha value is -1.56. The molecule has 114 valence electrons. The van der Waals surface area contributed by atoms with Crippen molar-refractivity contribution in [1.82, 2.24) is 4.90 Å². The second kappa shape index (κ2) is 6.93. The average molecular weight is 355 g/mol. The predicted octanol–water partition coefficient (Wildman–Crippen LogP) is 3.62. The highest BCUT2D eigenvalue weighted by Gasteiger charge is 2.28. The standard InChI is InChI=1S/C15H19BrN2O3/c1-10-6-11(16)8-12(7-10)17-15(21)18(9-14(19)20)13-4-2-3-5-13/h6-8,13H,2-5,9H2,1H3,(H,17,21)(H,19,20). The van der Waals surface area contributed by atoms with Crippen LogP contribution in [0.5, 0.6) is 0 Å². The van der Waals surface area contributed by atoms with Crippen molar-refractivity contribution >= 4 is 33.6 Å². The summed E-state index contributed by atoms with van der Waals surface area (Å²) in [6.07, 6.45) is 3.84. The Balaban J connectivity index is 2.11. The molecule has 1 aromatic carbocycles. The monoisotopic (exact) mass is 354 g/mol. The SMILES string of the molecule is Cc1cc(Br)cc(NC(=O)N(CC(=O)O)C2CCCC2)c1. The van der Waals surface area contributed by atoms with Crippen LogP contribution in [0.2, 0.25) is 0 Å². The third-order valence-corrected chi connectivity index (χ3v) is 4.08. The Morgan fingerprint density at radius 3 is 2.57 bits per heavy atom. The quantitative estimate of drug-likeness (QED) is 0.867. The highest BCUT2D eigenvalue weighted by atomic mass is 79.9. The van der Waals surface area contributed by atoms with Gasteiger partial charge in [0.25, 0.3) is 0 Å². The lowest BCUT2D eigenvalue weighted by molar-refractivity contribution is -0.138. The fourth-order valence-electron chi connectivity index (χ4n) is 2.73. The molecule has 0 spiro atoms. The average Bonchev–Trinajstić information content (AvgIpc) is 2.87. The molecule has 2 amide bonds. The van der Waals surface area contributed by atoms with Gasteiger partial charge in [0, 0.05) is 16.2 Å². The highest BCUT2D eigenvalue weighted by molar-refractivity contribution is 9.10. The molecule has 1 saturated carbocycles. The summed E-state index contributed by atoms with van der Waals surface area (Å²) in [6.45, 7) is 1.68. The van der Waals surface area contributed by atoms with Gasteiger partial charge in [0.2, 0.25) is 0 Å². The molecule has 1 fully saturated rings. The number of carboxylic acids is 1. The Kier molecular flexibility index (Phi) is 5.22.